The lowest BCUT2D eigenvalue weighted by Gasteiger charge is -2.26. The van der Waals surface area contributed by atoms with Crippen molar-refractivity contribution in [3.05, 3.63) is 245 Å². The Morgan fingerprint density at radius 1 is 0.415 bits per heavy atom. The maximum absolute atomic E-state index is 12.3. The van der Waals surface area contributed by atoms with Gasteiger partial charge < -0.3 is 28.1 Å². The number of pyridine rings is 2. The maximum Gasteiger partial charge on any atom is 0.336 e. The van der Waals surface area contributed by atoms with Crippen molar-refractivity contribution in [3.8, 4) is 82.0 Å². The highest BCUT2D eigenvalue weighted by Gasteiger charge is 2.17. The predicted octanol–water partition coefficient (Wildman–Crippen LogP) is 17.9. The van der Waals surface area contributed by atoms with Gasteiger partial charge in [-0.05, 0) is 207 Å². The summed E-state index contributed by atoms with van der Waals surface area (Å²) >= 11 is 0. The number of unbranched alkanes of at least 4 members (excludes halogenated alkanes) is 6. The third-order valence-corrected chi connectivity index (χ3v) is 17.0. The highest BCUT2D eigenvalue weighted by molar-refractivity contribution is 5.86. The fraction of sp³-hybridized carbons (Fsp3) is 0.286. The molecule has 0 saturated heterocycles. The van der Waals surface area contributed by atoms with Gasteiger partial charge in [0.25, 0.3) is 0 Å². The van der Waals surface area contributed by atoms with Crippen LogP contribution in [-0.2, 0) is 35.8 Å². The van der Waals surface area contributed by atoms with Gasteiger partial charge in [-0.3, -0.25) is 9.97 Å². The second-order valence-corrected chi connectivity index (χ2v) is 24.3. The largest absolute Gasteiger partial charge is 0.423 e. The Labute approximate surface area is 554 Å². The van der Waals surface area contributed by atoms with Crippen LogP contribution < -0.4 is 21.1 Å². The molecular formula is C84H82N4O6. The Morgan fingerprint density at radius 2 is 0.809 bits per heavy atom. The van der Waals surface area contributed by atoms with Crippen molar-refractivity contribution in [1.82, 2.24) is 9.97 Å². The van der Waals surface area contributed by atoms with E-state index < -0.39 is 0 Å². The molecule has 0 aliphatic carbocycles. The molecule has 0 unspecified atom stereocenters. The first-order chi connectivity index (χ1) is 45.7. The van der Waals surface area contributed by atoms with Crippen LogP contribution >= 0.6 is 0 Å². The van der Waals surface area contributed by atoms with E-state index in [4.69, 9.17) is 41.1 Å². The van der Waals surface area contributed by atoms with Crippen molar-refractivity contribution in [1.29, 1.82) is 0 Å². The Hall–Kier alpha value is -10.2. The van der Waals surface area contributed by atoms with Gasteiger partial charge in [-0.1, -0.05) is 100 Å². The van der Waals surface area contributed by atoms with Gasteiger partial charge in [0.05, 0.1) is 24.6 Å². The Bertz CT molecular complexity index is 4410. The number of hydrogen-bond acceptors (Lipinski definition) is 10. The average Bonchev–Trinajstić information content (AvgIpc) is 0.817. The summed E-state index contributed by atoms with van der Waals surface area (Å²) in [4.78, 5) is 39.1. The first-order valence-corrected chi connectivity index (χ1v) is 32.9. The first-order valence-electron chi connectivity index (χ1n) is 32.9. The quantitative estimate of drug-likeness (QED) is 0.0312. The minimum atomic E-state index is -0.362. The molecular weight excluding hydrogens is 1160 g/mol. The lowest BCUT2D eigenvalue weighted by molar-refractivity contribution is 0.117. The second kappa shape index (κ2) is 31.9. The van der Waals surface area contributed by atoms with Gasteiger partial charge >= 0.3 is 11.3 Å². The molecule has 10 nitrogen and oxygen atoms in total. The molecule has 4 heterocycles. The smallest absolute Gasteiger partial charge is 0.336 e. The molecule has 474 valence electrons. The number of ether oxygens (including phenoxy) is 2. The Kier molecular flexibility index (Phi) is 22.6. The normalized spacial score (nSPS) is 11.0. The summed E-state index contributed by atoms with van der Waals surface area (Å²) in [5, 5.41) is 1.85. The number of nitrogens with zero attached hydrogens (tertiary/aromatic N) is 4. The summed E-state index contributed by atoms with van der Waals surface area (Å²) in [7, 11) is 0. The summed E-state index contributed by atoms with van der Waals surface area (Å²) in [6, 6.07) is 44.3. The number of aryl methyl sites for hydroxylation is 4. The van der Waals surface area contributed by atoms with Crippen molar-refractivity contribution in [2.24, 2.45) is 0 Å². The van der Waals surface area contributed by atoms with Crippen molar-refractivity contribution >= 4 is 33.3 Å². The zero-order valence-electron chi connectivity index (χ0n) is 55.6. The minimum Gasteiger partial charge on any atom is -0.423 e. The topological polar surface area (TPSA) is 111 Å². The van der Waals surface area contributed by atoms with Gasteiger partial charge in [-0.15, -0.1) is 12.8 Å². The molecule has 0 spiro atoms. The lowest BCUT2D eigenvalue weighted by atomic mass is 9.99. The van der Waals surface area contributed by atoms with Crippen LogP contribution in [0.5, 0.6) is 0 Å². The number of fused-ring (bicyclic) bond motifs is 2. The molecule has 4 aromatic heterocycles. The molecule has 0 aliphatic heterocycles. The molecule has 0 bridgehead atoms. The summed E-state index contributed by atoms with van der Waals surface area (Å²) in [6.07, 6.45) is 24.9. The van der Waals surface area contributed by atoms with E-state index in [1.54, 1.807) is 0 Å². The zero-order chi connectivity index (χ0) is 66.1. The number of benzene rings is 6. The van der Waals surface area contributed by atoms with Crippen LogP contribution in [-0.4, -0.2) is 36.3 Å². The number of anilines is 2. The van der Waals surface area contributed by atoms with Gasteiger partial charge in [0, 0.05) is 143 Å². The molecule has 10 heteroatoms. The monoisotopic (exact) mass is 1240 g/mol. The maximum atomic E-state index is 12.3. The molecule has 10 rings (SSSR count). The summed E-state index contributed by atoms with van der Waals surface area (Å²) in [5.74, 6) is 19.6. The Morgan fingerprint density at radius 3 is 1.18 bits per heavy atom. The van der Waals surface area contributed by atoms with Gasteiger partial charge in [-0.2, -0.15) is 0 Å². The van der Waals surface area contributed by atoms with E-state index in [-0.39, 0.29) is 11.3 Å². The third kappa shape index (κ3) is 17.3. The van der Waals surface area contributed by atoms with E-state index in [1.807, 2.05) is 74.8 Å². The van der Waals surface area contributed by atoms with E-state index >= 15 is 0 Å². The molecule has 94 heavy (non-hydrogen) atoms. The van der Waals surface area contributed by atoms with Gasteiger partial charge in [0.1, 0.15) is 11.2 Å². The van der Waals surface area contributed by atoms with E-state index in [0.29, 0.717) is 50.7 Å². The predicted molar refractivity (Wildman–Crippen MR) is 384 cm³/mol. The van der Waals surface area contributed by atoms with E-state index in [9.17, 15) is 9.59 Å². The van der Waals surface area contributed by atoms with Crippen LogP contribution in [0.1, 0.15) is 157 Å². The van der Waals surface area contributed by atoms with Crippen LogP contribution in [0.4, 0.5) is 11.4 Å². The lowest BCUT2D eigenvalue weighted by Crippen LogP contribution is -2.23. The van der Waals surface area contributed by atoms with Gasteiger partial charge in [0.15, 0.2) is 0 Å². The molecule has 10 aromatic rings. The number of rotatable bonds is 25. The van der Waals surface area contributed by atoms with Gasteiger partial charge in [0.2, 0.25) is 0 Å². The second-order valence-electron chi connectivity index (χ2n) is 24.3. The third-order valence-electron chi connectivity index (χ3n) is 17.0. The average molecular weight is 1240 g/mol. The van der Waals surface area contributed by atoms with E-state index in [0.717, 1.165) is 172 Å². The summed E-state index contributed by atoms with van der Waals surface area (Å²) < 4.78 is 23.8. The SMILES string of the molecule is C#Cc1cc(C#Cc2cc(COCCCCCC)cc(-c3ccc(-c4ccc(-c5cc(C#Cc6cc(C#C)cc(CN(CC)c7cc8oc(=O)cc(C)c8cc7C)c6)cc(COCCCCCC)c5)cn4)nc3)c2)cc(CN(CC)c2cc3oc(=O)cc(C)c3cc2C)c1. The van der Waals surface area contributed by atoms with Crippen molar-refractivity contribution in [2.75, 3.05) is 36.1 Å². The van der Waals surface area contributed by atoms with Crippen LogP contribution in [0, 0.1) is 76.1 Å². The molecule has 0 amide bonds. The number of aromatic nitrogens is 2. The van der Waals surface area contributed by atoms with Crippen molar-refractivity contribution in [2.45, 2.75) is 133 Å². The standard InChI is InChI=1S/C84H82N4O6/c1-11-17-19-21-31-91-55-69-43-65(25-23-63-37-61(13-3)39-67(41-63)53-87(15-5)79-49-81-75(33-59(79)9)57(7)35-83(89)93-81)45-73(47-69)71-27-29-77(85-51-71)78-30-28-72(52-86-78)74-46-66(44-70(48-74)56-92-32-22-20-18-12-2)26-24-64-38-62(14-4)40-68(42-64)54-88(16-6)80-50-82-76(34-60(80)10)58(8)36-84(90)94-82/h3-4,27-30,33-52H,11-12,15-22,31-32,53-56H2,1-2,5-10H3. The van der Waals surface area contributed by atoms with Crippen LogP contribution in [0.3, 0.4) is 0 Å². The number of terminal acetylenes is 2. The summed E-state index contributed by atoms with van der Waals surface area (Å²) in [6.45, 7) is 21.6. The fourth-order valence-corrected chi connectivity index (χ4v) is 12.1. The van der Waals surface area contributed by atoms with Crippen LogP contribution in [0.15, 0.2) is 164 Å². The zero-order valence-corrected chi connectivity index (χ0v) is 55.6. The fourth-order valence-electron chi connectivity index (χ4n) is 12.1. The Balaban J connectivity index is 0.894. The minimum absolute atomic E-state index is 0.362. The summed E-state index contributed by atoms with van der Waals surface area (Å²) in [5.41, 5.74) is 20.5. The van der Waals surface area contributed by atoms with Crippen LogP contribution in [0.25, 0.3) is 55.6 Å². The highest BCUT2D eigenvalue weighted by atomic mass is 16.5. The highest BCUT2D eigenvalue weighted by Crippen LogP contribution is 2.33. The molecule has 0 atom stereocenters. The van der Waals surface area contributed by atoms with Crippen molar-refractivity contribution < 1.29 is 18.3 Å². The van der Waals surface area contributed by atoms with Crippen LogP contribution in [0.2, 0.25) is 0 Å². The van der Waals surface area contributed by atoms with Crippen molar-refractivity contribution in [3.63, 3.8) is 0 Å². The van der Waals surface area contributed by atoms with E-state index in [1.165, 1.54) is 37.8 Å². The first kappa shape index (κ1) is 66.7. The molecule has 0 aliphatic rings. The molecule has 0 radical (unpaired) electrons. The number of hydrogen-bond donors (Lipinski definition) is 0. The molecule has 6 aromatic carbocycles. The molecule has 0 fully saturated rings. The molecule has 0 N–H and O–H groups in total. The van der Waals surface area contributed by atoms with Gasteiger partial charge in [-0.25, -0.2) is 9.59 Å². The van der Waals surface area contributed by atoms with E-state index in [2.05, 4.69) is 160 Å². The molecule has 0 saturated carbocycles.